The summed E-state index contributed by atoms with van der Waals surface area (Å²) in [6, 6.07) is 0. The molecule has 5 heteroatoms. The van der Waals surface area contributed by atoms with Crippen LogP contribution in [0.15, 0.2) is 17.2 Å². The quantitative estimate of drug-likeness (QED) is 0.770. The van der Waals surface area contributed by atoms with Crippen LogP contribution in [0.1, 0.15) is 20.3 Å². The van der Waals surface area contributed by atoms with Gasteiger partial charge in [0.2, 0.25) is 0 Å². The van der Waals surface area contributed by atoms with Crippen LogP contribution in [0.3, 0.4) is 0 Å². The Kier molecular flexibility index (Phi) is 4.49. The molecule has 0 aliphatic carbocycles. The first kappa shape index (κ1) is 12.7. The highest BCUT2D eigenvalue weighted by molar-refractivity contribution is 5.30. The Morgan fingerprint density at radius 1 is 1.56 bits per heavy atom. The summed E-state index contributed by atoms with van der Waals surface area (Å²) >= 11 is 0. The first-order chi connectivity index (χ1) is 7.50. The fraction of sp³-hybridized carbons (Fsp3) is 0.636. The molecule has 0 aromatic carbocycles. The number of nitrogens with zero attached hydrogens (tertiary/aromatic N) is 2. The molecule has 90 valence electrons. The van der Waals surface area contributed by atoms with Crippen LogP contribution in [-0.2, 0) is 7.05 Å². The highest BCUT2D eigenvalue weighted by Crippen LogP contribution is 2.04. The molecular weight excluding hydrogens is 206 g/mol. The minimum Gasteiger partial charge on any atom is -0.391 e. The molecule has 0 aliphatic rings. The van der Waals surface area contributed by atoms with Gasteiger partial charge in [-0.15, -0.1) is 0 Å². The summed E-state index contributed by atoms with van der Waals surface area (Å²) in [5.74, 6) is 0.719. The zero-order valence-corrected chi connectivity index (χ0v) is 9.97. The van der Waals surface area contributed by atoms with Crippen molar-refractivity contribution < 1.29 is 5.11 Å². The third-order valence-electron chi connectivity index (χ3n) is 2.27. The molecule has 1 unspecified atom stereocenters. The standard InChI is InChI=1S/C11H19N3O2/c1-8(2)6-9(15)7-13-10-11(16)14(3)5-4-12-10/h4-5,8-9,15H,6-7H2,1-3H3,(H,12,13). The first-order valence-corrected chi connectivity index (χ1v) is 5.44. The van der Waals surface area contributed by atoms with Crippen LogP contribution < -0.4 is 10.9 Å². The maximum atomic E-state index is 11.6. The Hall–Kier alpha value is -1.36. The predicted molar refractivity (Wildman–Crippen MR) is 63.4 cm³/mol. The number of anilines is 1. The summed E-state index contributed by atoms with van der Waals surface area (Å²) in [6.45, 7) is 4.44. The van der Waals surface area contributed by atoms with Crippen molar-refractivity contribution in [3.8, 4) is 0 Å². The Balaban J connectivity index is 2.55. The van der Waals surface area contributed by atoms with Crippen LogP contribution in [0.2, 0.25) is 0 Å². The van der Waals surface area contributed by atoms with Crippen LogP contribution in [-0.4, -0.2) is 27.3 Å². The second-order valence-corrected chi connectivity index (χ2v) is 4.36. The molecule has 0 radical (unpaired) electrons. The minimum atomic E-state index is -0.452. The van der Waals surface area contributed by atoms with Gasteiger partial charge in [0.15, 0.2) is 5.82 Å². The summed E-state index contributed by atoms with van der Waals surface area (Å²) < 4.78 is 1.45. The molecule has 0 bridgehead atoms. The smallest absolute Gasteiger partial charge is 0.293 e. The Morgan fingerprint density at radius 2 is 2.25 bits per heavy atom. The molecule has 16 heavy (non-hydrogen) atoms. The van der Waals surface area contributed by atoms with Gasteiger partial charge in [0.05, 0.1) is 6.10 Å². The molecule has 5 nitrogen and oxygen atoms in total. The lowest BCUT2D eigenvalue weighted by molar-refractivity contribution is 0.161. The summed E-state index contributed by atoms with van der Waals surface area (Å²) in [7, 11) is 1.67. The van der Waals surface area contributed by atoms with E-state index in [0.29, 0.717) is 18.9 Å². The van der Waals surface area contributed by atoms with Gasteiger partial charge in [0.25, 0.3) is 5.56 Å². The molecule has 0 saturated heterocycles. The zero-order valence-electron chi connectivity index (χ0n) is 9.97. The van der Waals surface area contributed by atoms with E-state index in [9.17, 15) is 9.90 Å². The Morgan fingerprint density at radius 3 is 2.88 bits per heavy atom. The van der Waals surface area contributed by atoms with Crippen molar-refractivity contribution in [1.29, 1.82) is 0 Å². The number of nitrogens with one attached hydrogen (secondary N) is 1. The van der Waals surface area contributed by atoms with Gasteiger partial charge >= 0.3 is 0 Å². The maximum Gasteiger partial charge on any atom is 0.293 e. The van der Waals surface area contributed by atoms with E-state index in [2.05, 4.69) is 10.3 Å². The summed E-state index contributed by atoms with van der Waals surface area (Å²) in [5, 5.41) is 12.5. The SMILES string of the molecule is CC(C)CC(O)CNc1nccn(C)c1=O. The van der Waals surface area contributed by atoms with E-state index in [-0.39, 0.29) is 11.4 Å². The van der Waals surface area contributed by atoms with Gasteiger partial charge in [0, 0.05) is 26.0 Å². The number of aryl methyl sites for hydroxylation is 1. The van der Waals surface area contributed by atoms with E-state index in [4.69, 9.17) is 0 Å². The molecule has 0 spiro atoms. The first-order valence-electron chi connectivity index (χ1n) is 5.44. The lowest BCUT2D eigenvalue weighted by Crippen LogP contribution is -2.27. The lowest BCUT2D eigenvalue weighted by Gasteiger charge is -2.13. The van der Waals surface area contributed by atoms with Crippen molar-refractivity contribution in [2.75, 3.05) is 11.9 Å². The van der Waals surface area contributed by atoms with Gasteiger partial charge in [-0.05, 0) is 12.3 Å². The number of aromatic nitrogens is 2. The predicted octanol–water partition coefficient (Wildman–Crippen LogP) is 0.599. The van der Waals surface area contributed by atoms with Gasteiger partial charge in [-0.1, -0.05) is 13.8 Å². The molecule has 2 N–H and O–H groups in total. The second kappa shape index (κ2) is 5.65. The van der Waals surface area contributed by atoms with E-state index in [1.54, 1.807) is 19.4 Å². The topological polar surface area (TPSA) is 67.2 Å². The highest BCUT2D eigenvalue weighted by Gasteiger charge is 2.08. The third kappa shape index (κ3) is 3.66. The van der Waals surface area contributed by atoms with Crippen LogP contribution in [0.5, 0.6) is 0 Å². The number of aliphatic hydroxyl groups is 1. The molecule has 0 fully saturated rings. The van der Waals surface area contributed by atoms with Gasteiger partial charge in [-0.3, -0.25) is 4.79 Å². The molecule has 1 rings (SSSR count). The van der Waals surface area contributed by atoms with Crippen LogP contribution in [0.4, 0.5) is 5.82 Å². The second-order valence-electron chi connectivity index (χ2n) is 4.36. The van der Waals surface area contributed by atoms with Crippen molar-refractivity contribution >= 4 is 5.82 Å². The molecule has 0 saturated carbocycles. The van der Waals surface area contributed by atoms with Gasteiger partial charge in [-0.2, -0.15) is 0 Å². The Labute approximate surface area is 95.1 Å². The number of hydrogen-bond acceptors (Lipinski definition) is 4. The van der Waals surface area contributed by atoms with E-state index in [1.807, 2.05) is 13.8 Å². The number of rotatable bonds is 5. The van der Waals surface area contributed by atoms with Gasteiger partial charge in [0.1, 0.15) is 0 Å². The minimum absolute atomic E-state index is 0.181. The maximum absolute atomic E-state index is 11.6. The lowest BCUT2D eigenvalue weighted by atomic mass is 10.1. The van der Waals surface area contributed by atoms with E-state index >= 15 is 0 Å². The third-order valence-corrected chi connectivity index (χ3v) is 2.27. The van der Waals surface area contributed by atoms with Gasteiger partial charge in [-0.25, -0.2) is 4.98 Å². The fourth-order valence-corrected chi connectivity index (χ4v) is 1.46. The zero-order chi connectivity index (χ0) is 12.1. The van der Waals surface area contributed by atoms with Crippen LogP contribution >= 0.6 is 0 Å². The average molecular weight is 225 g/mol. The van der Waals surface area contributed by atoms with Crippen molar-refractivity contribution in [1.82, 2.24) is 9.55 Å². The largest absolute Gasteiger partial charge is 0.391 e. The Bertz CT molecular complexity index is 387. The summed E-state index contributed by atoms with van der Waals surface area (Å²) in [6.07, 6.45) is 3.41. The van der Waals surface area contributed by atoms with Crippen LogP contribution in [0.25, 0.3) is 0 Å². The summed E-state index contributed by atoms with van der Waals surface area (Å²) in [4.78, 5) is 15.5. The van der Waals surface area contributed by atoms with Crippen molar-refractivity contribution in [2.24, 2.45) is 13.0 Å². The molecule has 0 amide bonds. The fourth-order valence-electron chi connectivity index (χ4n) is 1.46. The van der Waals surface area contributed by atoms with Crippen molar-refractivity contribution in [2.45, 2.75) is 26.4 Å². The molecule has 1 atom stereocenters. The molecular formula is C11H19N3O2. The normalized spacial score (nSPS) is 12.8. The molecule has 1 aromatic heterocycles. The van der Waals surface area contributed by atoms with E-state index in [1.165, 1.54) is 4.57 Å². The van der Waals surface area contributed by atoms with E-state index in [0.717, 1.165) is 0 Å². The van der Waals surface area contributed by atoms with Crippen LogP contribution in [0, 0.1) is 5.92 Å². The van der Waals surface area contributed by atoms with Gasteiger partial charge < -0.3 is 15.0 Å². The number of hydrogen-bond donors (Lipinski definition) is 2. The molecule has 1 heterocycles. The molecule has 1 aromatic rings. The molecule has 0 aliphatic heterocycles. The monoisotopic (exact) mass is 225 g/mol. The average Bonchev–Trinajstić information content (AvgIpc) is 2.19. The van der Waals surface area contributed by atoms with Crippen molar-refractivity contribution in [3.63, 3.8) is 0 Å². The summed E-state index contributed by atoms with van der Waals surface area (Å²) in [5.41, 5.74) is -0.181. The van der Waals surface area contributed by atoms with E-state index < -0.39 is 6.10 Å². The number of aliphatic hydroxyl groups excluding tert-OH is 1. The highest BCUT2D eigenvalue weighted by atomic mass is 16.3. The van der Waals surface area contributed by atoms with Crippen molar-refractivity contribution in [3.05, 3.63) is 22.7 Å².